The number of fused-ring (bicyclic) bond motifs is 1. The smallest absolute Gasteiger partial charge is 0.250 e. The Balaban J connectivity index is 1.71. The summed E-state index contributed by atoms with van der Waals surface area (Å²) in [5, 5.41) is 3.73. The number of benzene rings is 1. The second-order valence-electron chi connectivity index (χ2n) is 5.97. The Bertz CT molecular complexity index is 812. The molecule has 8 heteroatoms. The van der Waals surface area contributed by atoms with Gasteiger partial charge in [-0.25, -0.2) is 17.5 Å². The fraction of sp³-hybridized carbons (Fsp3) is 0.500. The number of halogens is 1. The van der Waals surface area contributed by atoms with E-state index in [0.717, 1.165) is 43.9 Å². The fourth-order valence-corrected chi connectivity index (χ4v) is 5.85. The van der Waals surface area contributed by atoms with Gasteiger partial charge in [-0.3, -0.25) is 0 Å². The number of nitrogens with zero attached hydrogens (tertiary/aromatic N) is 1. The molecular formula is C16H22FN3O2S2. The van der Waals surface area contributed by atoms with Crippen LogP contribution in [-0.4, -0.2) is 52.6 Å². The van der Waals surface area contributed by atoms with Crippen LogP contribution in [-0.2, 0) is 10.0 Å². The second kappa shape index (κ2) is 7.45. The number of aryl methyl sites for hydroxylation is 1. The van der Waals surface area contributed by atoms with Gasteiger partial charge in [0.05, 0.1) is 0 Å². The molecule has 0 atom stereocenters. The van der Waals surface area contributed by atoms with Crippen LogP contribution in [0.2, 0.25) is 0 Å². The molecule has 0 amide bonds. The van der Waals surface area contributed by atoms with Gasteiger partial charge in [0.15, 0.2) is 0 Å². The molecule has 1 aliphatic rings. The van der Waals surface area contributed by atoms with Gasteiger partial charge in [0.1, 0.15) is 10.0 Å². The molecule has 0 bridgehead atoms. The average molecular weight is 372 g/mol. The summed E-state index contributed by atoms with van der Waals surface area (Å²) in [6.07, 6.45) is 1.07. The van der Waals surface area contributed by atoms with E-state index in [1.807, 2.05) is 0 Å². The van der Waals surface area contributed by atoms with Crippen LogP contribution in [0.25, 0.3) is 10.1 Å². The minimum atomic E-state index is -3.62. The zero-order valence-corrected chi connectivity index (χ0v) is 15.3. The van der Waals surface area contributed by atoms with Crippen molar-refractivity contribution in [2.45, 2.75) is 17.6 Å². The van der Waals surface area contributed by atoms with E-state index in [2.05, 4.69) is 14.9 Å². The number of nitrogens with one attached hydrogen (secondary N) is 2. The first-order valence-corrected chi connectivity index (χ1v) is 10.4. The SMILES string of the molecule is Cc1c(S(=O)(=O)NCCN2CCCNCC2)sc2cccc(F)c12. The molecule has 2 aromatic rings. The van der Waals surface area contributed by atoms with Crippen molar-refractivity contribution in [2.24, 2.45) is 0 Å². The van der Waals surface area contributed by atoms with Crippen LogP contribution >= 0.6 is 11.3 Å². The van der Waals surface area contributed by atoms with Crippen LogP contribution in [0.15, 0.2) is 22.4 Å². The molecule has 0 unspecified atom stereocenters. The van der Waals surface area contributed by atoms with E-state index in [-0.39, 0.29) is 10.0 Å². The van der Waals surface area contributed by atoms with E-state index in [0.29, 0.717) is 28.7 Å². The predicted molar refractivity (Wildman–Crippen MR) is 95.6 cm³/mol. The highest BCUT2D eigenvalue weighted by molar-refractivity contribution is 7.91. The minimum absolute atomic E-state index is 0.208. The summed E-state index contributed by atoms with van der Waals surface area (Å²) in [5.41, 5.74) is 0.486. The predicted octanol–water partition coefficient (Wildman–Crippen LogP) is 1.92. The third kappa shape index (κ3) is 3.78. The molecule has 1 aromatic carbocycles. The van der Waals surface area contributed by atoms with Gasteiger partial charge in [0, 0.05) is 36.3 Å². The monoisotopic (exact) mass is 371 g/mol. The molecule has 1 saturated heterocycles. The van der Waals surface area contributed by atoms with Crippen LogP contribution in [0.1, 0.15) is 12.0 Å². The van der Waals surface area contributed by atoms with Crippen LogP contribution in [0, 0.1) is 12.7 Å². The molecule has 1 aromatic heterocycles. The standard InChI is InChI=1S/C16H22FN3O2S2/c1-12-15-13(17)4-2-5-14(15)23-16(12)24(21,22)19-8-11-20-9-3-6-18-7-10-20/h2,4-5,18-19H,3,6-11H2,1H3. The summed E-state index contributed by atoms with van der Waals surface area (Å²) in [6.45, 7) is 6.54. The average Bonchev–Trinajstić information content (AvgIpc) is 2.72. The molecule has 132 valence electrons. The highest BCUT2D eigenvalue weighted by Crippen LogP contribution is 2.35. The number of thiophene rings is 1. The van der Waals surface area contributed by atoms with Gasteiger partial charge in [-0.15, -0.1) is 11.3 Å². The molecule has 0 spiro atoms. The summed E-state index contributed by atoms with van der Waals surface area (Å²) in [4.78, 5) is 2.25. The molecule has 2 N–H and O–H groups in total. The van der Waals surface area contributed by atoms with Crippen LogP contribution in [0.3, 0.4) is 0 Å². The van der Waals surface area contributed by atoms with E-state index >= 15 is 0 Å². The van der Waals surface area contributed by atoms with Crippen molar-refractivity contribution in [1.82, 2.24) is 14.9 Å². The Hall–Kier alpha value is -1.06. The molecule has 0 radical (unpaired) electrons. The van der Waals surface area contributed by atoms with Gasteiger partial charge in [0.25, 0.3) is 0 Å². The normalized spacial score (nSPS) is 17.2. The van der Waals surface area contributed by atoms with Crippen molar-refractivity contribution < 1.29 is 12.8 Å². The fourth-order valence-electron chi connectivity index (χ4n) is 3.02. The van der Waals surface area contributed by atoms with Crippen molar-refractivity contribution in [3.05, 3.63) is 29.6 Å². The van der Waals surface area contributed by atoms with Crippen molar-refractivity contribution >= 4 is 31.4 Å². The molecular weight excluding hydrogens is 349 g/mol. The van der Waals surface area contributed by atoms with Crippen LogP contribution in [0.5, 0.6) is 0 Å². The minimum Gasteiger partial charge on any atom is -0.315 e. The summed E-state index contributed by atoms with van der Waals surface area (Å²) in [5.74, 6) is -0.375. The van der Waals surface area contributed by atoms with Gasteiger partial charge in [-0.1, -0.05) is 6.07 Å². The van der Waals surface area contributed by atoms with Crippen molar-refractivity contribution in [3.8, 4) is 0 Å². The van der Waals surface area contributed by atoms with E-state index in [9.17, 15) is 12.8 Å². The first-order chi connectivity index (χ1) is 11.5. The lowest BCUT2D eigenvalue weighted by Gasteiger charge is -2.19. The molecule has 1 fully saturated rings. The highest BCUT2D eigenvalue weighted by Gasteiger charge is 2.23. The van der Waals surface area contributed by atoms with Crippen molar-refractivity contribution in [3.63, 3.8) is 0 Å². The lowest BCUT2D eigenvalue weighted by Crippen LogP contribution is -2.36. The van der Waals surface area contributed by atoms with Crippen LogP contribution in [0.4, 0.5) is 4.39 Å². The Morgan fingerprint density at radius 3 is 2.96 bits per heavy atom. The van der Waals surface area contributed by atoms with Crippen molar-refractivity contribution in [1.29, 1.82) is 0 Å². The van der Waals surface area contributed by atoms with Gasteiger partial charge in [-0.05, 0) is 44.1 Å². The van der Waals surface area contributed by atoms with Gasteiger partial charge in [-0.2, -0.15) is 0 Å². The largest absolute Gasteiger partial charge is 0.315 e. The molecule has 1 aliphatic heterocycles. The van der Waals surface area contributed by atoms with Gasteiger partial charge >= 0.3 is 0 Å². The molecule has 0 aliphatic carbocycles. The summed E-state index contributed by atoms with van der Waals surface area (Å²) < 4.78 is 42.7. The van der Waals surface area contributed by atoms with Crippen molar-refractivity contribution in [2.75, 3.05) is 39.3 Å². The Kier molecular flexibility index (Phi) is 5.51. The summed E-state index contributed by atoms with van der Waals surface area (Å²) in [6, 6.07) is 4.71. The van der Waals surface area contributed by atoms with E-state index in [4.69, 9.17) is 0 Å². The van der Waals surface area contributed by atoms with Gasteiger partial charge in [0.2, 0.25) is 10.0 Å². The third-order valence-corrected chi connectivity index (χ3v) is 7.59. The summed E-state index contributed by atoms with van der Waals surface area (Å²) >= 11 is 1.12. The zero-order chi connectivity index (χ0) is 17.2. The maximum Gasteiger partial charge on any atom is 0.250 e. The zero-order valence-electron chi connectivity index (χ0n) is 13.6. The number of sulfonamides is 1. The lowest BCUT2D eigenvalue weighted by atomic mass is 10.2. The molecule has 3 rings (SSSR count). The first kappa shape index (κ1) is 17.8. The Labute approximate surface area is 145 Å². The number of hydrogen-bond acceptors (Lipinski definition) is 5. The molecule has 2 heterocycles. The van der Waals surface area contributed by atoms with Crippen LogP contribution < -0.4 is 10.0 Å². The number of rotatable bonds is 5. The Morgan fingerprint density at radius 1 is 1.33 bits per heavy atom. The number of hydrogen-bond donors (Lipinski definition) is 2. The molecule has 5 nitrogen and oxygen atoms in total. The lowest BCUT2D eigenvalue weighted by molar-refractivity contribution is 0.297. The van der Waals surface area contributed by atoms with E-state index in [1.165, 1.54) is 6.07 Å². The van der Waals surface area contributed by atoms with E-state index in [1.54, 1.807) is 19.1 Å². The third-order valence-electron chi connectivity index (χ3n) is 4.26. The van der Waals surface area contributed by atoms with Gasteiger partial charge < -0.3 is 10.2 Å². The summed E-state index contributed by atoms with van der Waals surface area (Å²) in [7, 11) is -3.62. The second-order valence-corrected chi connectivity index (χ2v) is 8.98. The topological polar surface area (TPSA) is 61.4 Å². The first-order valence-electron chi connectivity index (χ1n) is 8.09. The molecule has 0 saturated carbocycles. The maximum absolute atomic E-state index is 14.0. The molecule has 24 heavy (non-hydrogen) atoms. The van der Waals surface area contributed by atoms with E-state index < -0.39 is 10.0 Å². The highest BCUT2D eigenvalue weighted by atomic mass is 32.2. The maximum atomic E-state index is 14.0. The Morgan fingerprint density at radius 2 is 2.17 bits per heavy atom. The quantitative estimate of drug-likeness (QED) is 0.843.